The Kier molecular flexibility index (Phi) is 3.91. The fourth-order valence-corrected chi connectivity index (χ4v) is 4.45. The van der Waals surface area contributed by atoms with Crippen LogP contribution < -0.4 is 5.32 Å². The van der Waals surface area contributed by atoms with Crippen molar-refractivity contribution in [2.24, 2.45) is 0 Å². The number of rotatable bonds is 3. The van der Waals surface area contributed by atoms with Gasteiger partial charge in [-0.25, -0.2) is 13.2 Å². The predicted octanol–water partition coefficient (Wildman–Crippen LogP) is 1.79. The van der Waals surface area contributed by atoms with Gasteiger partial charge in [0.1, 0.15) is 0 Å². The summed E-state index contributed by atoms with van der Waals surface area (Å²) in [5.41, 5.74) is 0. The van der Waals surface area contributed by atoms with Gasteiger partial charge in [0.25, 0.3) is 0 Å². The Morgan fingerprint density at radius 3 is 2.89 bits per heavy atom. The summed E-state index contributed by atoms with van der Waals surface area (Å²) < 4.78 is 22.9. The molecule has 1 N–H and O–H groups in total. The molecular weight excluding hydrogens is 272 g/mol. The maximum Gasteiger partial charge on any atom is 0.322 e. The summed E-state index contributed by atoms with van der Waals surface area (Å²) in [5, 5.41) is 5.45. The van der Waals surface area contributed by atoms with Gasteiger partial charge in [0.05, 0.1) is 16.5 Å². The highest BCUT2D eigenvalue weighted by Gasteiger charge is 2.33. The van der Waals surface area contributed by atoms with E-state index < -0.39 is 9.84 Å². The molecule has 1 unspecified atom stereocenters. The SMILES string of the molecule is CCN(C(=O)Nc1cccs1)C1CCS(=O)(=O)C1. The highest BCUT2D eigenvalue weighted by molar-refractivity contribution is 7.91. The number of sulfone groups is 1. The molecule has 0 spiro atoms. The van der Waals surface area contributed by atoms with Crippen molar-refractivity contribution in [3.63, 3.8) is 0 Å². The van der Waals surface area contributed by atoms with Crippen LogP contribution in [-0.2, 0) is 9.84 Å². The zero-order valence-electron chi connectivity index (χ0n) is 10.1. The van der Waals surface area contributed by atoms with Crippen LogP contribution in [0.1, 0.15) is 13.3 Å². The van der Waals surface area contributed by atoms with Crippen LogP contribution in [0.5, 0.6) is 0 Å². The maximum absolute atomic E-state index is 12.1. The number of amides is 2. The Bertz CT molecular complexity index is 510. The first-order chi connectivity index (χ1) is 8.52. The number of anilines is 1. The highest BCUT2D eigenvalue weighted by Crippen LogP contribution is 2.20. The Morgan fingerprint density at radius 2 is 2.39 bits per heavy atom. The minimum Gasteiger partial charge on any atom is -0.321 e. The number of urea groups is 1. The van der Waals surface area contributed by atoms with E-state index in [0.29, 0.717) is 13.0 Å². The third-order valence-electron chi connectivity index (χ3n) is 3.00. The van der Waals surface area contributed by atoms with Crippen LogP contribution in [0.4, 0.5) is 9.80 Å². The molecule has 0 saturated carbocycles. The molecule has 2 heterocycles. The van der Waals surface area contributed by atoms with Crippen molar-refractivity contribution in [1.82, 2.24) is 4.90 Å². The van der Waals surface area contributed by atoms with Crippen molar-refractivity contribution in [2.75, 3.05) is 23.4 Å². The molecule has 1 saturated heterocycles. The number of hydrogen-bond donors (Lipinski definition) is 1. The molecule has 1 aliphatic rings. The molecule has 2 amide bonds. The summed E-state index contributed by atoms with van der Waals surface area (Å²) in [4.78, 5) is 13.7. The van der Waals surface area contributed by atoms with Crippen molar-refractivity contribution < 1.29 is 13.2 Å². The highest BCUT2D eigenvalue weighted by atomic mass is 32.2. The van der Waals surface area contributed by atoms with E-state index in [2.05, 4.69) is 5.32 Å². The quantitative estimate of drug-likeness (QED) is 0.922. The molecule has 1 aliphatic heterocycles. The van der Waals surface area contributed by atoms with Crippen molar-refractivity contribution in [2.45, 2.75) is 19.4 Å². The molecule has 1 atom stereocenters. The first-order valence-corrected chi connectivity index (χ1v) is 8.53. The molecule has 0 radical (unpaired) electrons. The molecule has 0 aromatic carbocycles. The van der Waals surface area contributed by atoms with E-state index in [0.717, 1.165) is 5.00 Å². The molecule has 100 valence electrons. The molecule has 2 rings (SSSR count). The zero-order valence-corrected chi connectivity index (χ0v) is 11.8. The largest absolute Gasteiger partial charge is 0.322 e. The molecule has 1 aromatic heterocycles. The normalized spacial score (nSPS) is 21.7. The van der Waals surface area contributed by atoms with E-state index >= 15 is 0 Å². The van der Waals surface area contributed by atoms with Crippen LogP contribution in [-0.4, -0.2) is 43.4 Å². The van der Waals surface area contributed by atoms with Crippen molar-refractivity contribution in [3.05, 3.63) is 17.5 Å². The first-order valence-electron chi connectivity index (χ1n) is 5.83. The molecule has 0 aliphatic carbocycles. The standard InChI is InChI=1S/C11H16N2O3S2/c1-2-13(9-5-7-18(15,16)8-9)11(14)12-10-4-3-6-17-10/h3-4,6,9H,2,5,7-8H2,1H3,(H,12,14). The second kappa shape index (κ2) is 5.27. The summed E-state index contributed by atoms with van der Waals surface area (Å²) in [7, 11) is -2.97. The van der Waals surface area contributed by atoms with Gasteiger partial charge in [0, 0.05) is 12.6 Å². The summed E-state index contributed by atoms with van der Waals surface area (Å²) in [6.45, 7) is 2.37. The third kappa shape index (κ3) is 3.02. The van der Waals surface area contributed by atoms with E-state index in [9.17, 15) is 13.2 Å². The van der Waals surface area contributed by atoms with Crippen LogP contribution in [0.15, 0.2) is 17.5 Å². The Hall–Kier alpha value is -1.08. The van der Waals surface area contributed by atoms with E-state index in [1.807, 2.05) is 24.4 Å². The first kappa shape index (κ1) is 13.4. The minimum absolute atomic E-state index is 0.0820. The van der Waals surface area contributed by atoms with E-state index in [-0.39, 0.29) is 23.6 Å². The second-order valence-electron chi connectivity index (χ2n) is 4.25. The third-order valence-corrected chi connectivity index (χ3v) is 5.54. The fourth-order valence-electron chi connectivity index (χ4n) is 2.12. The predicted molar refractivity (Wildman–Crippen MR) is 72.8 cm³/mol. The second-order valence-corrected chi connectivity index (χ2v) is 7.43. The maximum atomic E-state index is 12.1. The van der Waals surface area contributed by atoms with Gasteiger partial charge in [0.15, 0.2) is 9.84 Å². The molecule has 1 aromatic rings. The van der Waals surface area contributed by atoms with Crippen molar-refractivity contribution in [3.8, 4) is 0 Å². The van der Waals surface area contributed by atoms with Gasteiger partial charge >= 0.3 is 6.03 Å². The van der Waals surface area contributed by atoms with Gasteiger partial charge in [-0.05, 0) is 30.9 Å². The number of thiophene rings is 1. The number of nitrogens with one attached hydrogen (secondary N) is 1. The summed E-state index contributed by atoms with van der Waals surface area (Å²) in [6.07, 6.45) is 0.536. The monoisotopic (exact) mass is 288 g/mol. The summed E-state index contributed by atoms with van der Waals surface area (Å²) in [6, 6.07) is 3.26. The van der Waals surface area contributed by atoms with E-state index in [1.54, 1.807) is 4.90 Å². The van der Waals surface area contributed by atoms with Crippen molar-refractivity contribution >= 4 is 32.2 Å². The number of carbonyl (C=O) groups excluding carboxylic acids is 1. The molecular formula is C11H16N2O3S2. The molecule has 18 heavy (non-hydrogen) atoms. The van der Waals surface area contributed by atoms with Gasteiger partial charge in [-0.2, -0.15) is 0 Å². The van der Waals surface area contributed by atoms with Gasteiger partial charge < -0.3 is 4.90 Å². The van der Waals surface area contributed by atoms with Crippen LogP contribution >= 0.6 is 11.3 Å². The van der Waals surface area contributed by atoms with Crippen LogP contribution in [0.3, 0.4) is 0 Å². The molecule has 0 bridgehead atoms. The zero-order chi connectivity index (χ0) is 13.2. The minimum atomic E-state index is -2.97. The smallest absolute Gasteiger partial charge is 0.321 e. The lowest BCUT2D eigenvalue weighted by atomic mass is 10.2. The number of hydrogen-bond acceptors (Lipinski definition) is 4. The molecule has 5 nitrogen and oxygen atoms in total. The van der Waals surface area contributed by atoms with Gasteiger partial charge in [-0.1, -0.05) is 0 Å². The molecule has 7 heteroatoms. The summed E-state index contributed by atoms with van der Waals surface area (Å²) in [5.74, 6) is 0.263. The topological polar surface area (TPSA) is 66.5 Å². The van der Waals surface area contributed by atoms with E-state index in [1.165, 1.54) is 11.3 Å². The average Bonchev–Trinajstić information content (AvgIpc) is 2.89. The van der Waals surface area contributed by atoms with Gasteiger partial charge in [-0.15, -0.1) is 11.3 Å². The lowest BCUT2D eigenvalue weighted by Gasteiger charge is -2.26. The lowest BCUT2D eigenvalue weighted by molar-refractivity contribution is 0.198. The van der Waals surface area contributed by atoms with Crippen LogP contribution in [0.25, 0.3) is 0 Å². The van der Waals surface area contributed by atoms with Crippen LogP contribution in [0.2, 0.25) is 0 Å². The fraction of sp³-hybridized carbons (Fsp3) is 0.545. The van der Waals surface area contributed by atoms with Crippen molar-refractivity contribution in [1.29, 1.82) is 0 Å². The number of nitrogens with zero attached hydrogens (tertiary/aromatic N) is 1. The van der Waals surface area contributed by atoms with Crippen LogP contribution in [0, 0.1) is 0 Å². The summed E-state index contributed by atoms with van der Waals surface area (Å²) >= 11 is 1.44. The molecule has 1 fully saturated rings. The van der Waals surface area contributed by atoms with E-state index in [4.69, 9.17) is 0 Å². The lowest BCUT2D eigenvalue weighted by Crippen LogP contribution is -2.43. The number of carbonyl (C=O) groups is 1. The van der Waals surface area contributed by atoms with Gasteiger partial charge in [-0.3, -0.25) is 5.32 Å². The average molecular weight is 288 g/mol. The van der Waals surface area contributed by atoms with Gasteiger partial charge in [0.2, 0.25) is 0 Å². The Balaban J connectivity index is 2.03. The Labute approximate surface area is 111 Å². The Morgan fingerprint density at radius 1 is 1.61 bits per heavy atom.